The van der Waals surface area contributed by atoms with Gasteiger partial charge in [0.2, 0.25) is 0 Å². The molecule has 0 aromatic carbocycles. The third kappa shape index (κ3) is 2.98. The van der Waals surface area contributed by atoms with E-state index in [0.29, 0.717) is 0 Å². The first-order valence-corrected chi connectivity index (χ1v) is 5.13. The van der Waals surface area contributed by atoms with E-state index in [0.717, 1.165) is 38.9 Å². The minimum atomic E-state index is -0.553. The van der Waals surface area contributed by atoms with Crippen LogP contribution in [0, 0.1) is 11.3 Å². The van der Waals surface area contributed by atoms with Gasteiger partial charge in [-0.05, 0) is 38.8 Å². The van der Waals surface area contributed by atoms with E-state index in [4.69, 9.17) is 11.0 Å². The summed E-state index contributed by atoms with van der Waals surface area (Å²) < 4.78 is 0. The fourth-order valence-corrected chi connectivity index (χ4v) is 1.86. The molecule has 1 saturated heterocycles. The van der Waals surface area contributed by atoms with Gasteiger partial charge in [0.25, 0.3) is 0 Å². The van der Waals surface area contributed by atoms with Crippen molar-refractivity contribution >= 4 is 0 Å². The van der Waals surface area contributed by atoms with E-state index in [2.05, 4.69) is 17.9 Å². The van der Waals surface area contributed by atoms with Crippen molar-refractivity contribution in [2.24, 2.45) is 5.73 Å². The van der Waals surface area contributed by atoms with Gasteiger partial charge < -0.3 is 10.6 Å². The molecule has 1 unspecified atom stereocenters. The van der Waals surface area contributed by atoms with Crippen LogP contribution in [-0.4, -0.2) is 30.1 Å². The van der Waals surface area contributed by atoms with Gasteiger partial charge in [-0.3, -0.25) is 0 Å². The Hall–Kier alpha value is -0.590. The van der Waals surface area contributed by atoms with Crippen molar-refractivity contribution < 1.29 is 0 Å². The Balaban J connectivity index is 2.45. The molecular formula is C10H19N3. The zero-order chi connectivity index (χ0) is 9.73. The highest BCUT2D eigenvalue weighted by Gasteiger charge is 2.27. The topological polar surface area (TPSA) is 53.0 Å². The molecule has 2 N–H and O–H groups in total. The number of hydrogen-bond acceptors (Lipinski definition) is 3. The lowest BCUT2D eigenvalue weighted by molar-refractivity contribution is 0.282. The van der Waals surface area contributed by atoms with Crippen LogP contribution in [-0.2, 0) is 0 Å². The van der Waals surface area contributed by atoms with Crippen molar-refractivity contribution in [3.8, 4) is 6.07 Å². The van der Waals surface area contributed by atoms with Gasteiger partial charge >= 0.3 is 0 Å². The van der Waals surface area contributed by atoms with Gasteiger partial charge in [-0.1, -0.05) is 6.92 Å². The third-order valence-corrected chi connectivity index (χ3v) is 2.73. The maximum atomic E-state index is 8.90. The van der Waals surface area contributed by atoms with Crippen LogP contribution in [0.2, 0.25) is 0 Å². The van der Waals surface area contributed by atoms with Crippen LogP contribution in [0.15, 0.2) is 0 Å². The fraction of sp³-hybridized carbons (Fsp3) is 0.900. The monoisotopic (exact) mass is 181 g/mol. The molecule has 0 amide bonds. The molecule has 1 aliphatic heterocycles. The highest BCUT2D eigenvalue weighted by molar-refractivity contribution is 5.05. The van der Waals surface area contributed by atoms with E-state index in [1.807, 2.05) is 0 Å². The molecule has 1 rings (SSSR count). The predicted molar refractivity (Wildman–Crippen MR) is 53.1 cm³/mol. The molecule has 1 heterocycles. The Morgan fingerprint density at radius 3 is 2.85 bits per heavy atom. The Morgan fingerprint density at radius 1 is 1.46 bits per heavy atom. The number of hydrogen-bond donors (Lipinski definition) is 1. The second-order valence-electron chi connectivity index (χ2n) is 3.96. The van der Waals surface area contributed by atoms with Gasteiger partial charge in [-0.2, -0.15) is 5.26 Å². The smallest absolute Gasteiger partial charge is 0.105 e. The largest absolute Gasteiger partial charge is 0.313 e. The molecule has 0 bridgehead atoms. The third-order valence-electron chi connectivity index (χ3n) is 2.73. The summed E-state index contributed by atoms with van der Waals surface area (Å²) in [6.07, 6.45) is 3.92. The zero-order valence-electron chi connectivity index (χ0n) is 8.42. The molecule has 1 fully saturated rings. The molecule has 13 heavy (non-hydrogen) atoms. The van der Waals surface area contributed by atoms with Crippen LogP contribution in [0.25, 0.3) is 0 Å². The quantitative estimate of drug-likeness (QED) is 0.694. The summed E-state index contributed by atoms with van der Waals surface area (Å²) >= 11 is 0. The van der Waals surface area contributed by atoms with E-state index < -0.39 is 5.54 Å². The van der Waals surface area contributed by atoms with E-state index >= 15 is 0 Å². The minimum absolute atomic E-state index is 0.553. The normalized spacial score (nSPS) is 30.8. The Bertz CT molecular complexity index is 197. The van der Waals surface area contributed by atoms with Crippen LogP contribution in [0.5, 0.6) is 0 Å². The van der Waals surface area contributed by atoms with Gasteiger partial charge in [0.05, 0.1) is 6.07 Å². The molecule has 0 spiro atoms. The molecule has 0 aromatic rings. The van der Waals surface area contributed by atoms with Gasteiger partial charge in [0, 0.05) is 6.54 Å². The van der Waals surface area contributed by atoms with Gasteiger partial charge in [0.1, 0.15) is 5.54 Å². The average Bonchev–Trinajstić information content (AvgIpc) is 2.31. The molecule has 0 aromatic heterocycles. The lowest BCUT2D eigenvalue weighted by Crippen LogP contribution is -2.39. The number of likely N-dealkylation sites (tertiary alicyclic amines) is 1. The highest BCUT2D eigenvalue weighted by atomic mass is 15.1. The molecule has 0 aliphatic carbocycles. The first-order chi connectivity index (χ1) is 6.20. The summed E-state index contributed by atoms with van der Waals surface area (Å²) in [5, 5.41) is 8.90. The van der Waals surface area contributed by atoms with Crippen LogP contribution in [0.1, 0.15) is 32.6 Å². The summed E-state index contributed by atoms with van der Waals surface area (Å²) in [6, 6.07) is 2.23. The zero-order valence-corrected chi connectivity index (χ0v) is 8.42. The summed E-state index contributed by atoms with van der Waals surface area (Å²) in [4.78, 5) is 2.41. The highest BCUT2D eigenvalue weighted by Crippen LogP contribution is 2.18. The first kappa shape index (κ1) is 10.5. The predicted octanol–water partition coefficient (Wildman–Crippen LogP) is 1.10. The molecular weight excluding hydrogens is 162 g/mol. The van der Waals surface area contributed by atoms with Gasteiger partial charge in [-0.15, -0.1) is 0 Å². The Labute approximate surface area is 80.5 Å². The number of nitriles is 1. The van der Waals surface area contributed by atoms with E-state index in [1.54, 1.807) is 0 Å². The summed E-state index contributed by atoms with van der Waals surface area (Å²) in [6.45, 7) is 5.42. The molecule has 1 atom stereocenters. The maximum absolute atomic E-state index is 8.90. The van der Waals surface area contributed by atoms with E-state index in [1.165, 1.54) is 6.42 Å². The summed E-state index contributed by atoms with van der Waals surface area (Å²) in [5.41, 5.74) is 5.38. The van der Waals surface area contributed by atoms with Crippen LogP contribution in [0.4, 0.5) is 0 Å². The second-order valence-corrected chi connectivity index (χ2v) is 3.96. The lowest BCUT2D eigenvalue weighted by Gasteiger charge is -2.20. The molecule has 3 heteroatoms. The Kier molecular flexibility index (Phi) is 3.71. The van der Waals surface area contributed by atoms with E-state index in [-0.39, 0.29) is 0 Å². The second kappa shape index (κ2) is 4.59. The molecule has 0 saturated carbocycles. The SMILES string of the molecule is CCCN1CCCC(N)(C#N)CC1. The number of nitrogens with two attached hydrogens (primary N) is 1. The summed E-state index contributed by atoms with van der Waals surface area (Å²) in [5.74, 6) is 0. The first-order valence-electron chi connectivity index (χ1n) is 5.13. The van der Waals surface area contributed by atoms with Crippen molar-refractivity contribution in [1.29, 1.82) is 5.26 Å². The standard InChI is InChI=1S/C10H19N3/c1-2-6-13-7-3-4-10(12,9-11)5-8-13/h2-8,12H2,1H3. The molecule has 3 nitrogen and oxygen atoms in total. The van der Waals surface area contributed by atoms with Crippen LogP contribution < -0.4 is 5.73 Å². The summed E-state index contributed by atoms with van der Waals surface area (Å²) in [7, 11) is 0. The molecule has 74 valence electrons. The fourth-order valence-electron chi connectivity index (χ4n) is 1.86. The lowest BCUT2D eigenvalue weighted by atomic mass is 9.94. The van der Waals surface area contributed by atoms with Gasteiger partial charge in [-0.25, -0.2) is 0 Å². The van der Waals surface area contributed by atoms with Crippen molar-refractivity contribution in [2.45, 2.75) is 38.1 Å². The van der Waals surface area contributed by atoms with Crippen LogP contribution >= 0.6 is 0 Å². The van der Waals surface area contributed by atoms with Crippen molar-refractivity contribution in [3.05, 3.63) is 0 Å². The maximum Gasteiger partial charge on any atom is 0.105 e. The van der Waals surface area contributed by atoms with Crippen LogP contribution in [0.3, 0.4) is 0 Å². The molecule has 1 aliphatic rings. The average molecular weight is 181 g/mol. The van der Waals surface area contributed by atoms with E-state index in [9.17, 15) is 0 Å². The van der Waals surface area contributed by atoms with Crippen molar-refractivity contribution in [3.63, 3.8) is 0 Å². The van der Waals surface area contributed by atoms with Gasteiger partial charge in [0.15, 0.2) is 0 Å². The van der Waals surface area contributed by atoms with Crippen molar-refractivity contribution in [2.75, 3.05) is 19.6 Å². The van der Waals surface area contributed by atoms with Crippen molar-refractivity contribution in [1.82, 2.24) is 4.90 Å². The Morgan fingerprint density at radius 2 is 2.23 bits per heavy atom. The minimum Gasteiger partial charge on any atom is -0.313 e. The molecule has 0 radical (unpaired) electrons. The number of nitrogens with zero attached hydrogens (tertiary/aromatic N) is 2. The number of rotatable bonds is 2.